The highest BCUT2D eigenvalue weighted by molar-refractivity contribution is 7.99. The third-order valence-electron chi connectivity index (χ3n) is 3.54. The second kappa shape index (κ2) is 16.7. The smallest absolute Gasteiger partial charge is 0.328 e. The number of thioether (sulfide) groups is 1. The van der Waals surface area contributed by atoms with Crippen LogP contribution in [0.4, 0.5) is 0 Å². The summed E-state index contributed by atoms with van der Waals surface area (Å²) in [5.41, 5.74) is 0. The van der Waals surface area contributed by atoms with Gasteiger partial charge in [0.05, 0.1) is 7.11 Å². The van der Waals surface area contributed by atoms with Crippen molar-refractivity contribution in [2.45, 2.75) is 64.3 Å². The third-order valence-corrected chi connectivity index (χ3v) is 4.57. The maximum atomic E-state index is 11.0. The SMILES string of the molecule is CC.CCCC(NC(C)=O)C(=O)OC.CSC1CNC(CN(C)C)C1. The number of ether oxygens (including phenoxy) is 1. The Hall–Kier alpha value is -0.790. The Morgan fingerprint density at radius 1 is 1.36 bits per heavy atom. The zero-order valence-electron chi connectivity index (χ0n) is 17.3. The van der Waals surface area contributed by atoms with E-state index in [4.69, 9.17) is 0 Å². The molecule has 2 N–H and O–H groups in total. The van der Waals surface area contributed by atoms with E-state index < -0.39 is 6.04 Å². The normalized spacial score (nSPS) is 19.9. The molecule has 1 saturated heterocycles. The molecule has 1 rings (SSSR count). The fraction of sp³-hybridized carbons (Fsp3) is 0.889. The fourth-order valence-electron chi connectivity index (χ4n) is 2.47. The van der Waals surface area contributed by atoms with Gasteiger partial charge in [0.2, 0.25) is 5.91 Å². The molecule has 1 aliphatic heterocycles. The molecule has 1 fully saturated rings. The van der Waals surface area contributed by atoms with E-state index in [-0.39, 0.29) is 11.9 Å². The molecule has 6 nitrogen and oxygen atoms in total. The predicted molar refractivity (Wildman–Crippen MR) is 108 cm³/mol. The lowest BCUT2D eigenvalue weighted by Gasteiger charge is -2.15. The number of methoxy groups -OCH3 is 1. The topological polar surface area (TPSA) is 70.7 Å². The summed E-state index contributed by atoms with van der Waals surface area (Å²) in [5.74, 6) is -0.592. The first-order valence-electron chi connectivity index (χ1n) is 9.09. The average Bonchev–Trinajstić information content (AvgIpc) is 3.02. The van der Waals surface area contributed by atoms with Crippen molar-refractivity contribution >= 4 is 23.6 Å². The van der Waals surface area contributed by atoms with Crippen LogP contribution >= 0.6 is 11.8 Å². The van der Waals surface area contributed by atoms with Crippen LogP contribution in [0.2, 0.25) is 0 Å². The number of amides is 1. The molecule has 0 aromatic carbocycles. The number of hydrogen-bond donors (Lipinski definition) is 2. The lowest BCUT2D eigenvalue weighted by Crippen LogP contribution is -2.40. The van der Waals surface area contributed by atoms with Crippen molar-refractivity contribution in [1.82, 2.24) is 15.5 Å². The quantitative estimate of drug-likeness (QED) is 0.663. The van der Waals surface area contributed by atoms with E-state index in [1.165, 1.54) is 33.5 Å². The van der Waals surface area contributed by atoms with Gasteiger partial charge in [-0.15, -0.1) is 0 Å². The van der Waals surface area contributed by atoms with Crippen LogP contribution in [0, 0.1) is 0 Å². The minimum Gasteiger partial charge on any atom is -0.467 e. The van der Waals surface area contributed by atoms with E-state index in [1.54, 1.807) is 0 Å². The van der Waals surface area contributed by atoms with Gasteiger partial charge in [0.15, 0.2) is 0 Å². The van der Waals surface area contributed by atoms with E-state index in [0.29, 0.717) is 6.42 Å². The molecule has 0 aliphatic carbocycles. The van der Waals surface area contributed by atoms with Crippen molar-refractivity contribution in [3.05, 3.63) is 0 Å². The van der Waals surface area contributed by atoms with Gasteiger partial charge in [-0.1, -0.05) is 27.2 Å². The van der Waals surface area contributed by atoms with Crippen LogP contribution in [0.25, 0.3) is 0 Å². The summed E-state index contributed by atoms with van der Waals surface area (Å²) in [6.45, 7) is 9.69. The van der Waals surface area contributed by atoms with Crippen molar-refractivity contribution in [2.24, 2.45) is 0 Å². The maximum absolute atomic E-state index is 11.0. The Morgan fingerprint density at radius 3 is 2.32 bits per heavy atom. The number of esters is 1. The molecule has 1 amide bonds. The second-order valence-electron chi connectivity index (χ2n) is 6.03. The Morgan fingerprint density at radius 2 is 1.96 bits per heavy atom. The molecule has 150 valence electrons. The Labute approximate surface area is 158 Å². The zero-order chi connectivity index (χ0) is 19.8. The Balaban J connectivity index is 0. The largest absolute Gasteiger partial charge is 0.467 e. The number of carbonyl (C=O) groups is 2. The van der Waals surface area contributed by atoms with Crippen LogP contribution < -0.4 is 10.6 Å². The minimum absolute atomic E-state index is 0.209. The molecule has 0 aromatic heterocycles. The van der Waals surface area contributed by atoms with E-state index in [1.807, 2.05) is 32.5 Å². The van der Waals surface area contributed by atoms with E-state index in [0.717, 1.165) is 17.7 Å². The molecule has 0 radical (unpaired) electrons. The van der Waals surface area contributed by atoms with Crippen LogP contribution in [0.15, 0.2) is 0 Å². The van der Waals surface area contributed by atoms with Crippen LogP contribution in [-0.4, -0.2) is 74.7 Å². The molecule has 7 heteroatoms. The van der Waals surface area contributed by atoms with E-state index >= 15 is 0 Å². The first-order valence-corrected chi connectivity index (χ1v) is 10.4. The summed E-state index contributed by atoms with van der Waals surface area (Å²) < 4.78 is 4.51. The average molecular weight is 378 g/mol. The van der Waals surface area contributed by atoms with Crippen LogP contribution in [-0.2, 0) is 14.3 Å². The van der Waals surface area contributed by atoms with Crippen LogP contribution in [0.3, 0.4) is 0 Å². The highest BCUT2D eigenvalue weighted by Gasteiger charge is 2.23. The highest BCUT2D eigenvalue weighted by atomic mass is 32.2. The number of carbonyl (C=O) groups excluding carboxylic acids is 2. The van der Waals surface area contributed by atoms with Gasteiger partial charge in [0, 0.05) is 31.3 Å². The summed E-state index contributed by atoms with van der Waals surface area (Å²) in [6, 6.07) is 0.236. The highest BCUT2D eigenvalue weighted by Crippen LogP contribution is 2.18. The first-order chi connectivity index (χ1) is 11.8. The molecule has 0 saturated carbocycles. The van der Waals surface area contributed by atoms with Gasteiger partial charge in [0.25, 0.3) is 0 Å². The molecule has 0 aromatic rings. The molecular weight excluding hydrogens is 338 g/mol. The Kier molecular flexibility index (Phi) is 17.6. The number of nitrogens with one attached hydrogen (secondary N) is 2. The minimum atomic E-state index is -0.488. The molecule has 25 heavy (non-hydrogen) atoms. The molecule has 1 heterocycles. The lowest BCUT2D eigenvalue weighted by molar-refractivity contribution is -0.145. The molecule has 3 atom stereocenters. The molecule has 0 spiro atoms. The standard InChI is InChI=1S/C8H18N2S.C8H15NO3.C2H6/c1-10(2)6-7-4-8(11-3)5-9-7;1-4-5-7(8(11)12-3)9-6(2)10;1-2/h7-9H,4-6H2,1-3H3;7H,4-5H2,1-3H3,(H,9,10);1-2H3. The summed E-state index contributed by atoms with van der Waals surface area (Å²) in [7, 11) is 5.58. The lowest BCUT2D eigenvalue weighted by atomic mass is 10.2. The number of likely N-dealkylation sites (N-methyl/N-ethyl adjacent to an activating group) is 1. The molecule has 0 bridgehead atoms. The van der Waals surface area contributed by atoms with Gasteiger partial charge >= 0.3 is 5.97 Å². The van der Waals surface area contributed by atoms with Crippen molar-refractivity contribution < 1.29 is 14.3 Å². The molecule has 3 unspecified atom stereocenters. The molecular formula is C18H39N3O3S. The summed E-state index contributed by atoms with van der Waals surface area (Å²) in [5, 5.41) is 6.89. The summed E-state index contributed by atoms with van der Waals surface area (Å²) in [6.07, 6.45) is 4.98. The first kappa shape index (κ1) is 26.4. The van der Waals surface area contributed by atoms with Gasteiger partial charge in [-0.3, -0.25) is 4.79 Å². The number of hydrogen-bond acceptors (Lipinski definition) is 6. The summed E-state index contributed by atoms with van der Waals surface area (Å²) in [4.78, 5) is 23.9. The van der Waals surface area contributed by atoms with Gasteiger partial charge in [-0.05, 0) is 33.2 Å². The van der Waals surface area contributed by atoms with Gasteiger partial charge in [0.1, 0.15) is 6.04 Å². The van der Waals surface area contributed by atoms with E-state index in [9.17, 15) is 9.59 Å². The second-order valence-corrected chi connectivity index (χ2v) is 7.16. The van der Waals surface area contributed by atoms with Crippen molar-refractivity contribution in [3.8, 4) is 0 Å². The Bertz CT molecular complexity index is 354. The van der Waals surface area contributed by atoms with Crippen molar-refractivity contribution in [1.29, 1.82) is 0 Å². The van der Waals surface area contributed by atoms with Crippen LogP contribution in [0.5, 0.6) is 0 Å². The van der Waals surface area contributed by atoms with Crippen LogP contribution in [0.1, 0.15) is 47.0 Å². The van der Waals surface area contributed by atoms with Gasteiger partial charge < -0.3 is 20.3 Å². The third kappa shape index (κ3) is 14.1. The van der Waals surface area contributed by atoms with Crippen molar-refractivity contribution in [3.63, 3.8) is 0 Å². The predicted octanol–water partition coefficient (Wildman–Crippen LogP) is 2.13. The fourth-order valence-corrected chi connectivity index (χ4v) is 3.15. The zero-order valence-corrected chi connectivity index (χ0v) is 18.2. The van der Waals surface area contributed by atoms with Gasteiger partial charge in [-0.25, -0.2) is 4.79 Å². The number of rotatable bonds is 7. The van der Waals surface area contributed by atoms with Crippen molar-refractivity contribution in [2.75, 3.05) is 40.6 Å². The monoisotopic (exact) mass is 377 g/mol. The number of nitrogens with zero attached hydrogens (tertiary/aromatic N) is 1. The van der Waals surface area contributed by atoms with Gasteiger partial charge in [-0.2, -0.15) is 11.8 Å². The maximum Gasteiger partial charge on any atom is 0.328 e. The van der Waals surface area contributed by atoms with E-state index in [2.05, 4.69) is 40.6 Å². The summed E-state index contributed by atoms with van der Waals surface area (Å²) >= 11 is 1.98. The molecule has 1 aliphatic rings.